The Kier molecular flexibility index (Phi) is 1.75. The normalized spacial score (nSPS) is 16.0. The van der Waals surface area contributed by atoms with E-state index in [4.69, 9.17) is 0 Å². The second kappa shape index (κ2) is 2.77. The maximum Gasteiger partial charge on any atom is 0.125 e. The lowest BCUT2D eigenvalue weighted by Gasteiger charge is -2.27. The van der Waals surface area contributed by atoms with Gasteiger partial charge in [0.2, 0.25) is 0 Å². The van der Waals surface area contributed by atoms with Crippen molar-refractivity contribution in [1.29, 1.82) is 0 Å². The van der Waals surface area contributed by atoms with Crippen molar-refractivity contribution in [3.8, 4) is 0 Å². The molecule has 1 aliphatic heterocycles. The quantitative estimate of drug-likeness (QED) is 0.569. The van der Waals surface area contributed by atoms with Gasteiger partial charge >= 0.3 is 0 Å². The third-order valence-electron chi connectivity index (χ3n) is 2.40. The smallest absolute Gasteiger partial charge is 0.125 e. The van der Waals surface area contributed by atoms with E-state index in [-0.39, 0.29) is 5.82 Å². The number of hydrogen-bond acceptors (Lipinski definition) is 1. The molecule has 0 unspecified atom stereocenters. The molecule has 0 aliphatic carbocycles. The molecule has 0 bridgehead atoms. The fourth-order valence-electron chi connectivity index (χ4n) is 1.73. The van der Waals surface area contributed by atoms with Crippen LogP contribution in [0.15, 0.2) is 18.2 Å². The molecule has 64 valence electrons. The van der Waals surface area contributed by atoms with Gasteiger partial charge in [0.15, 0.2) is 0 Å². The lowest BCUT2D eigenvalue weighted by Crippen LogP contribution is -2.24. The fourth-order valence-corrected chi connectivity index (χ4v) is 1.73. The van der Waals surface area contributed by atoms with Gasteiger partial charge in [-0.25, -0.2) is 4.39 Å². The Balaban J connectivity index is 2.47. The maximum absolute atomic E-state index is 12.8. The zero-order valence-corrected chi connectivity index (χ0v) is 7.18. The second-order valence-electron chi connectivity index (χ2n) is 3.30. The zero-order valence-electron chi connectivity index (χ0n) is 7.18. The predicted molar refractivity (Wildman–Crippen MR) is 48.0 cm³/mol. The molecule has 1 aromatic rings. The molecule has 0 saturated carbocycles. The van der Waals surface area contributed by atoms with Gasteiger partial charge in [-0.2, -0.15) is 0 Å². The van der Waals surface area contributed by atoms with E-state index in [0.717, 1.165) is 18.7 Å². The van der Waals surface area contributed by atoms with E-state index in [9.17, 15) is 4.39 Å². The number of nitrogens with zero attached hydrogens (tertiary/aromatic N) is 1. The van der Waals surface area contributed by atoms with Crippen LogP contribution in [0.25, 0.3) is 0 Å². The second-order valence-corrected chi connectivity index (χ2v) is 3.30. The topological polar surface area (TPSA) is 3.24 Å². The highest BCUT2D eigenvalue weighted by atomic mass is 19.1. The van der Waals surface area contributed by atoms with Crippen molar-refractivity contribution >= 4 is 5.69 Å². The van der Waals surface area contributed by atoms with Gasteiger partial charge in [-0.05, 0) is 30.5 Å². The van der Waals surface area contributed by atoms with E-state index < -0.39 is 0 Å². The van der Waals surface area contributed by atoms with Crippen LogP contribution in [0, 0.1) is 5.82 Å². The minimum atomic E-state index is -0.137. The summed E-state index contributed by atoms with van der Waals surface area (Å²) in [5, 5.41) is 0. The van der Waals surface area contributed by atoms with Gasteiger partial charge in [-0.15, -0.1) is 0 Å². The SMILES string of the molecule is CN1CCCc2ccc(F)cc21. The van der Waals surface area contributed by atoms with Gasteiger partial charge < -0.3 is 4.90 Å². The molecule has 0 atom stereocenters. The molecule has 0 radical (unpaired) electrons. The molecular formula is C10H12FN. The molecule has 0 spiro atoms. The van der Waals surface area contributed by atoms with Gasteiger partial charge in [0, 0.05) is 19.3 Å². The molecular weight excluding hydrogens is 153 g/mol. The summed E-state index contributed by atoms with van der Waals surface area (Å²) < 4.78 is 12.8. The molecule has 1 aromatic carbocycles. The molecule has 0 N–H and O–H groups in total. The number of rotatable bonds is 0. The van der Waals surface area contributed by atoms with Crippen molar-refractivity contribution < 1.29 is 4.39 Å². The van der Waals surface area contributed by atoms with Crippen LogP contribution in [-0.4, -0.2) is 13.6 Å². The van der Waals surface area contributed by atoms with Crippen LogP contribution in [-0.2, 0) is 6.42 Å². The molecule has 1 heterocycles. The average molecular weight is 165 g/mol. The molecule has 1 aliphatic rings. The fraction of sp³-hybridized carbons (Fsp3) is 0.400. The summed E-state index contributed by atoms with van der Waals surface area (Å²) in [4.78, 5) is 2.11. The van der Waals surface area contributed by atoms with Crippen LogP contribution in [0.2, 0.25) is 0 Å². The van der Waals surface area contributed by atoms with Crippen molar-refractivity contribution in [1.82, 2.24) is 0 Å². The van der Waals surface area contributed by atoms with Gasteiger partial charge in [-0.1, -0.05) is 6.07 Å². The first-order chi connectivity index (χ1) is 5.77. The Morgan fingerprint density at radius 2 is 2.25 bits per heavy atom. The Hall–Kier alpha value is -1.05. The van der Waals surface area contributed by atoms with Crippen molar-refractivity contribution in [3.63, 3.8) is 0 Å². The highest BCUT2D eigenvalue weighted by molar-refractivity contribution is 5.54. The van der Waals surface area contributed by atoms with Crippen molar-refractivity contribution in [2.24, 2.45) is 0 Å². The van der Waals surface area contributed by atoms with Crippen molar-refractivity contribution in [2.75, 3.05) is 18.5 Å². The molecule has 0 saturated heterocycles. The number of fused-ring (bicyclic) bond motifs is 1. The first-order valence-corrected chi connectivity index (χ1v) is 4.27. The number of aryl methyl sites for hydroxylation is 1. The van der Waals surface area contributed by atoms with Crippen molar-refractivity contribution in [3.05, 3.63) is 29.6 Å². The zero-order chi connectivity index (χ0) is 8.55. The van der Waals surface area contributed by atoms with Crippen LogP contribution < -0.4 is 4.90 Å². The Morgan fingerprint density at radius 3 is 3.08 bits per heavy atom. The average Bonchev–Trinajstić information content (AvgIpc) is 2.07. The lowest BCUT2D eigenvalue weighted by molar-refractivity contribution is 0.623. The van der Waals surface area contributed by atoms with Crippen LogP contribution in [0.3, 0.4) is 0 Å². The van der Waals surface area contributed by atoms with Crippen molar-refractivity contribution in [2.45, 2.75) is 12.8 Å². The standard InChI is InChI=1S/C10H12FN/c1-12-6-2-3-8-4-5-9(11)7-10(8)12/h4-5,7H,2-3,6H2,1H3. The first-order valence-electron chi connectivity index (χ1n) is 4.27. The Labute approximate surface area is 71.8 Å². The molecule has 0 amide bonds. The summed E-state index contributed by atoms with van der Waals surface area (Å²) >= 11 is 0. The van der Waals surface area contributed by atoms with Gasteiger partial charge in [0.1, 0.15) is 5.82 Å². The van der Waals surface area contributed by atoms with Gasteiger partial charge in [-0.3, -0.25) is 0 Å². The molecule has 0 aromatic heterocycles. The van der Waals surface area contributed by atoms with Crippen LogP contribution in [0.5, 0.6) is 0 Å². The van der Waals surface area contributed by atoms with Gasteiger partial charge in [0.25, 0.3) is 0 Å². The number of halogens is 1. The molecule has 1 nitrogen and oxygen atoms in total. The van der Waals surface area contributed by atoms with Crippen LogP contribution >= 0.6 is 0 Å². The molecule has 12 heavy (non-hydrogen) atoms. The monoisotopic (exact) mass is 165 g/mol. The molecule has 2 rings (SSSR count). The summed E-state index contributed by atoms with van der Waals surface area (Å²) in [6.07, 6.45) is 2.26. The summed E-state index contributed by atoms with van der Waals surface area (Å²) in [7, 11) is 2.01. The summed E-state index contributed by atoms with van der Waals surface area (Å²) in [5.74, 6) is -0.137. The van der Waals surface area contributed by atoms with Crippen LogP contribution in [0.1, 0.15) is 12.0 Å². The number of hydrogen-bond donors (Lipinski definition) is 0. The Morgan fingerprint density at radius 1 is 1.42 bits per heavy atom. The Bertz CT molecular complexity index is 296. The largest absolute Gasteiger partial charge is 0.374 e. The molecule has 2 heteroatoms. The minimum Gasteiger partial charge on any atom is -0.374 e. The van der Waals surface area contributed by atoms with E-state index >= 15 is 0 Å². The highest BCUT2D eigenvalue weighted by Crippen LogP contribution is 2.26. The minimum absolute atomic E-state index is 0.137. The number of anilines is 1. The van der Waals surface area contributed by atoms with Gasteiger partial charge in [0.05, 0.1) is 0 Å². The summed E-state index contributed by atoms with van der Waals surface area (Å²) in [6, 6.07) is 5.05. The summed E-state index contributed by atoms with van der Waals surface area (Å²) in [6.45, 7) is 1.04. The van der Waals surface area contributed by atoms with E-state index in [1.165, 1.54) is 18.1 Å². The third kappa shape index (κ3) is 1.17. The number of benzene rings is 1. The molecule has 0 fully saturated rings. The van der Waals surface area contributed by atoms with Crippen LogP contribution in [0.4, 0.5) is 10.1 Å². The first kappa shape index (κ1) is 7.59. The third-order valence-corrected chi connectivity index (χ3v) is 2.40. The highest BCUT2D eigenvalue weighted by Gasteiger charge is 2.13. The van der Waals surface area contributed by atoms with E-state index in [2.05, 4.69) is 4.90 Å². The lowest BCUT2D eigenvalue weighted by atomic mass is 10.0. The maximum atomic E-state index is 12.8. The van der Waals surface area contributed by atoms with E-state index in [0.29, 0.717) is 0 Å². The van der Waals surface area contributed by atoms with E-state index in [1.807, 2.05) is 13.1 Å². The predicted octanol–water partition coefficient (Wildman–Crippen LogP) is 2.21. The van der Waals surface area contributed by atoms with E-state index in [1.54, 1.807) is 6.07 Å². The summed E-state index contributed by atoms with van der Waals surface area (Å²) in [5.41, 5.74) is 2.33.